The summed E-state index contributed by atoms with van der Waals surface area (Å²) in [6.07, 6.45) is 6.25. The van der Waals surface area contributed by atoms with Crippen molar-refractivity contribution in [2.45, 2.75) is 31.1 Å². The monoisotopic (exact) mass is 356 g/mol. The summed E-state index contributed by atoms with van der Waals surface area (Å²) >= 11 is 0. The van der Waals surface area contributed by atoms with Crippen molar-refractivity contribution in [2.75, 3.05) is 11.6 Å². The number of rotatable bonds is 6. The summed E-state index contributed by atoms with van der Waals surface area (Å²) in [6, 6.07) is 10.4. The van der Waals surface area contributed by atoms with E-state index in [4.69, 9.17) is 0 Å². The number of aromatic nitrogens is 3. The van der Waals surface area contributed by atoms with Gasteiger partial charge < -0.3 is 5.32 Å². The molecule has 130 valence electrons. The highest BCUT2D eigenvalue weighted by Crippen LogP contribution is 2.16. The highest BCUT2D eigenvalue weighted by Gasteiger charge is 2.12. The van der Waals surface area contributed by atoms with Crippen LogP contribution in [0.15, 0.2) is 47.5 Å². The summed E-state index contributed by atoms with van der Waals surface area (Å²) in [5.74, 6) is 0.354. The third-order valence-corrected chi connectivity index (χ3v) is 4.82. The van der Waals surface area contributed by atoms with Gasteiger partial charge in [-0.1, -0.05) is 13.3 Å². The Hall–Kier alpha value is -2.54. The predicted molar refractivity (Wildman–Crippen MR) is 98.3 cm³/mol. The van der Waals surface area contributed by atoms with Gasteiger partial charge in [0.2, 0.25) is 0 Å². The number of nitrogens with zero attached hydrogens (tertiary/aromatic N) is 3. The number of carbonyl (C=O) groups excluding carboxylic acids is 1. The molecular formula is C18H20N4O2S. The minimum atomic E-state index is -1.06. The standard InChI is InChI=1S/C18H20N4O2S/c1-3-4-5-14-12-17(22-16(20-14)10-11-19-22)21-18(23)13-6-8-15(9-7-13)25(2)24/h6-12H,3-5H2,1-2H3,(H,21,23). The van der Waals surface area contributed by atoms with Crippen LogP contribution in [-0.4, -0.2) is 31.0 Å². The highest BCUT2D eigenvalue weighted by atomic mass is 32.2. The molecule has 2 aromatic heterocycles. The van der Waals surface area contributed by atoms with Crippen LogP contribution < -0.4 is 5.32 Å². The fraction of sp³-hybridized carbons (Fsp3) is 0.278. The zero-order valence-corrected chi connectivity index (χ0v) is 15.0. The Morgan fingerprint density at radius 1 is 1.24 bits per heavy atom. The van der Waals surface area contributed by atoms with E-state index in [2.05, 4.69) is 22.3 Å². The maximum Gasteiger partial charge on any atom is 0.256 e. The van der Waals surface area contributed by atoms with Crippen molar-refractivity contribution in [3.05, 3.63) is 53.9 Å². The summed E-state index contributed by atoms with van der Waals surface area (Å²) in [7, 11) is -1.06. The first-order valence-corrected chi connectivity index (χ1v) is 9.73. The first-order valence-electron chi connectivity index (χ1n) is 8.17. The van der Waals surface area contributed by atoms with Crippen LogP contribution in [0.2, 0.25) is 0 Å². The Balaban J connectivity index is 1.86. The summed E-state index contributed by atoms with van der Waals surface area (Å²) < 4.78 is 13.1. The molecule has 0 bridgehead atoms. The molecule has 0 spiro atoms. The summed E-state index contributed by atoms with van der Waals surface area (Å²) in [5.41, 5.74) is 2.14. The van der Waals surface area contributed by atoms with Crippen LogP contribution in [0.5, 0.6) is 0 Å². The smallest absolute Gasteiger partial charge is 0.256 e. The van der Waals surface area contributed by atoms with Gasteiger partial charge in [0.05, 0.1) is 6.20 Å². The van der Waals surface area contributed by atoms with Crippen molar-refractivity contribution in [1.29, 1.82) is 0 Å². The Morgan fingerprint density at radius 2 is 2.00 bits per heavy atom. The molecule has 1 atom stereocenters. The second-order valence-electron chi connectivity index (χ2n) is 5.77. The Morgan fingerprint density at radius 3 is 2.68 bits per heavy atom. The van der Waals surface area contributed by atoms with Gasteiger partial charge in [-0.2, -0.15) is 9.61 Å². The topological polar surface area (TPSA) is 76.4 Å². The SMILES string of the molecule is CCCCc1cc(NC(=O)c2ccc(S(C)=O)cc2)n2nccc2n1. The lowest BCUT2D eigenvalue weighted by Crippen LogP contribution is -2.15. The van der Waals surface area contributed by atoms with Gasteiger partial charge in [0, 0.05) is 45.3 Å². The molecule has 0 saturated carbocycles. The number of anilines is 1. The molecule has 1 N–H and O–H groups in total. The van der Waals surface area contributed by atoms with Gasteiger partial charge in [-0.3, -0.25) is 9.00 Å². The van der Waals surface area contributed by atoms with Crippen LogP contribution in [0.25, 0.3) is 5.65 Å². The Labute approximate surface area is 148 Å². The highest BCUT2D eigenvalue weighted by molar-refractivity contribution is 7.84. The van der Waals surface area contributed by atoms with Crippen molar-refractivity contribution in [3.63, 3.8) is 0 Å². The molecule has 25 heavy (non-hydrogen) atoms. The van der Waals surface area contributed by atoms with Gasteiger partial charge in [-0.25, -0.2) is 4.98 Å². The number of amides is 1. The van der Waals surface area contributed by atoms with E-state index in [-0.39, 0.29) is 5.91 Å². The molecule has 3 rings (SSSR count). The van der Waals surface area contributed by atoms with E-state index in [0.29, 0.717) is 21.9 Å². The lowest BCUT2D eigenvalue weighted by molar-refractivity contribution is 0.102. The van der Waals surface area contributed by atoms with E-state index in [1.165, 1.54) is 0 Å². The minimum absolute atomic E-state index is 0.238. The van der Waals surface area contributed by atoms with Crippen LogP contribution in [0.3, 0.4) is 0 Å². The molecule has 0 aliphatic heterocycles. The normalized spacial score (nSPS) is 12.2. The number of carbonyl (C=O) groups is 1. The number of hydrogen-bond donors (Lipinski definition) is 1. The zero-order chi connectivity index (χ0) is 17.8. The molecule has 1 unspecified atom stereocenters. The van der Waals surface area contributed by atoms with Gasteiger partial charge in [-0.15, -0.1) is 0 Å². The molecule has 3 aromatic rings. The largest absolute Gasteiger partial charge is 0.306 e. The average molecular weight is 356 g/mol. The lowest BCUT2D eigenvalue weighted by Gasteiger charge is -2.10. The first kappa shape index (κ1) is 17.3. The summed E-state index contributed by atoms with van der Waals surface area (Å²) in [4.78, 5) is 17.8. The fourth-order valence-corrected chi connectivity index (χ4v) is 3.05. The van der Waals surface area contributed by atoms with Crippen molar-refractivity contribution in [2.24, 2.45) is 0 Å². The van der Waals surface area contributed by atoms with Gasteiger partial charge in [0.15, 0.2) is 5.65 Å². The van der Waals surface area contributed by atoms with Crippen molar-refractivity contribution in [1.82, 2.24) is 14.6 Å². The second-order valence-corrected chi connectivity index (χ2v) is 7.15. The Kier molecular flexibility index (Phi) is 5.23. The third kappa shape index (κ3) is 3.93. The molecular weight excluding hydrogens is 336 g/mol. The van der Waals surface area contributed by atoms with Crippen molar-refractivity contribution in [3.8, 4) is 0 Å². The number of aryl methyl sites for hydroxylation is 1. The van der Waals surface area contributed by atoms with Gasteiger partial charge in [0.1, 0.15) is 5.82 Å². The van der Waals surface area contributed by atoms with Gasteiger partial charge >= 0.3 is 0 Å². The van der Waals surface area contributed by atoms with Gasteiger partial charge in [0.25, 0.3) is 5.91 Å². The van der Waals surface area contributed by atoms with E-state index < -0.39 is 10.8 Å². The number of benzene rings is 1. The second kappa shape index (κ2) is 7.57. The van der Waals surface area contributed by atoms with Crippen LogP contribution in [0, 0.1) is 0 Å². The van der Waals surface area contributed by atoms with Crippen molar-refractivity contribution >= 4 is 28.2 Å². The summed E-state index contributed by atoms with van der Waals surface area (Å²) in [6.45, 7) is 2.13. The molecule has 2 heterocycles. The zero-order valence-electron chi connectivity index (χ0n) is 14.2. The molecule has 0 radical (unpaired) electrons. The molecule has 0 saturated heterocycles. The lowest BCUT2D eigenvalue weighted by atomic mass is 10.2. The predicted octanol–water partition coefficient (Wildman–Crippen LogP) is 3.06. The van der Waals surface area contributed by atoms with Crippen LogP contribution in [-0.2, 0) is 17.2 Å². The quantitative estimate of drug-likeness (QED) is 0.736. The third-order valence-electron chi connectivity index (χ3n) is 3.89. The number of nitrogens with one attached hydrogen (secondary N) is 1. The number of unbranched alkanes of at least 4 members (excludes halogenated alkanes) is 1. The van der Waals surface area contributed by atoms with Crippen LogP contribution >= 0.6 is 0 Å². The van der Waals surface area contributed by atoms with E-state index in [9.17, 15) is 9.00 Å². The number of fused-ring (bicyclic) bond motifs is 1. The molecule has 7 heteroatoms. The molecule has 0 aliphatic rings. The van der Waals surface area contributed by atoms with E-state index in [1.807, 2.05) is 12.1 Å². The maximum absolute atomic E-state index is 12.5. The fourth-order valence-electron chi connectivity index (χ4n) is 2.53. The minimum Gasteiger partial charge on any atom is -0.306 e. The van der Waals surface area contributed by atoms with E-state index in [1.54, 1.807) is 41.2 Å². The van der Waals surface area contributed by atoms with Gasteiger partial charge in [-0.05, 0) is 37.1 Å². The van der Waals surface area contributed by atoms with E-state index >= 15 is 0 Å². The van der Waals surface area contributed by atoms with Crippen LogP contribution in [0.4, 0.5) is 5.82 Å². The first-order chi connectivity index (χ1) is 12.1. The molecule has 0 fully saturated rings. The maximum atomic E-state index is 12.5. The number of hydrogen-bond acceptors (Lipinski definition) is 4. The molecule has 6 nitrogen and oxygen atoms in total. The summed E-state index contributed by atoms with van der Waals surface area (Å²) in [5, 5.41) is 7.12. The average Bonchev–Trinajstić information content (AvgIpc) is 3.08. The Bertz CT molecular complexity index is 918. The molecule has 1 amide bonds. The van der Waals surface area contributed by atoms with E-state index in [0.717, 1.165) is 25.0 Å². The van der Waals surface area contributed by atoms with Crippen LogP contribution in [0.1, 0.15) is 35.8 Å². The molecule has 0 aliphatic carbocycles. The molecule has 1 aromatic carbocycles. The van der Waals surface area contributed by atoms with Crippen molar-refractivity contribution < 1.29 is 9.00 Å².